The van der Waals surface area contributed by atoms with Crippen LogP contribution in [0.1, 0.15) is 25.3 Å². The Labute approximate surface area is 92.6 Å². The Morgan fingerprint density at radius 3 is 2.60 bits per heavy atom. The summed E-state index contributed by atoms with van der Waals surface area (Å²) in [6.07, 6.45) is 10.6. The van der Waals surface area contributed by atoms with E-state index >= 15 is 0 Å². The normalized spacial score (nSPS) is 11.9. The second-order valence-corrected chi connectivity index (χ2v) is 3.41. The fourth-order valence-electron chi connectivity index (χ4n) is 1.38. The lowest BCUT2D eigenvalue weighted by molar-refractivity contribution is 0.959. The highest BCUT2D eigenvalue weighted by atomic mass is 14.0. The van der Waals surface area contributed by atoms with E-state index in [4.69, 9.17) is 0 Å². The van der Waals surface area contributed by atoms with Crippen LogP contribution in [0.15, 0.2) is 61.2 Å². The molecule has 1 aromatic rings. The maximum absolute atomic E-state index is 3.74. The first-order valence-corrected chi connectivity index (χ1v) is 5.43. The van der Waals surface area contributed by atoms with E-state index in [0.717, 1.165) is 6.42 Å². The zero-order valence-electron chi connectivity index (χ0n) is 9.32. The number of hydrogen-bond acceptors (Lipinski definition) is 0. The van der Waals surface area contributed by atoms with Gasteiger partial charge in [-0.15, -0.1) is 0 Å². The topological polar surface area (TPSA) is 0 Å². The third-order valence-electron chi connectivity index (χ3n) is 2.16. The van der Waals surface area contributed by atoms with Crippen LogP contribution in [0.5, 0.6) is 0 Å². The van der Waals surface area contributed by atoms with Crippen molar-refractivity contribution in [3.8, 4) is 0 Å². The van der Waals surface area contributed by atoms with E-state index in [-0.39, 0.29) is 0 Å². The van der Waals surface area contributed by atoms with Gasteiger partial charge < -0.3 is 0 Å². The molecule has 0 fully saturated rings. The van der Waals surface area contributed by atoms with Crippen LogP contribution in [0.3, 0.4) is 0 Å². The van der Waals surface area contributed by atoms with E-state index in [9.17, 15) is 0 Å². The van der Waals surface area contributed by atoms with Gasteiger partial charge in [-0.2, -0.15) is 0 Å². The highest BCUT2D eigenvalue weighted by Crippen LogP contribution is 2.15. The lowest BCUT2D eigenvalue weighted by Gasteiger charge is -2.00. The molecule has 0 heterocycles. The number of rotatable bonds is 5. The van der Waals surface area contributed by atoms with Crippen LogP contribution in [0.2, 0.25) is 0 Å². The molecule has 0 aromatic heterocycles. The van der Waals surface area contributed by atoms with Crippen molar-refractivity contribution in [1.29, 1.82) is 0 Å². The zero-order chi connectivity index (χ0) is 10.9. The van der Waals surface area contributed by atoms with Crippen LogP contribution >= 0.6 is 0 Å². The molecule has 0 bridgehead atoms. The Hall–Kier alpha value is -1.56. The van der Waals surface area contributed by atoms with Crippen LogP contribution in [0.25, 0.3) is 5.57 Å². The number of unbranched alkanes of at least 4 members (excludes halogenated alkanes) is 1. The van der Waals surface area contributed by atoms with Gasteiger partial charge >= 0.3 is 0 Å². The molecule has 0 atom stereocenters. The van der Waals surface area contributed by atoms with E-state index in [2.05, 4.69) is 49.9 Å². The molecule has 0 saturated heterocycles. The van der Waals surface area contributed by atoms with Crippen molar-refractivity contribution in [3.05, 3.63) is 66.8 Å². The van der Waals surface area contributed by atoms with Crippen molar-refractivity contribution in [2.24, 2.45) is 0 Å². The lowest BCUT2D eigenvalue weighted by atomic mass is 10.0. The van der Waals surface area contributed by atoms with Crippen molar-refractivity contribution < 1.29 is 0 Å². The van der Waals surface area contributed by atoms with Crippen molar-refractivity contribution in [2.75, 3.05) is 0 Å². The fourth-order valence-corrected chi connectivity index (χ4v) is 1.38. The maximum atomic E-state index is 3.74. The molecule has 0 N–H and O–H groups in total. The minimum Gasteiger partial charge on any atom is -0.0990 e. The molecule has 0 heteroatoms. The van der Waals surface area contributed by atoms with Crippen molar-refractivity contribution in [2.45, 2.75) is 19.8 Å². The van der Waals surface area contributed by atoms with Gasteiger partial charge in [-0.05, 0) is 17.6 Å². The second-order valence-electron chi connectivity index (χ2n) is 3.41. The predicted octanol–water partition coefficient (Wildman–Crippen LogP) is 4.61. The molecule has 1 rings (SSSR count). The average Bonchev–Trinajstić information content (AvgIpc) is 2.29. The molecular weight excluding hydrogens is 180 g/mol. The molecule has 0 spiro atoms. The number of hydrogen-bond donors (Lipinski definition) is 0. The van der Waals surface area contributed by atoms with Crippen LogP contribution in [0, 0.1) is 0 Å². The highest BCUT2D eigenvalue weighted by molar-refractivity contribution is 5.74. The third-order valence-corrected chi connectivity index (χ3v) is 2.16. The van der Waals surface area contributed by atoms with Gasteiger partial charge in [0.25, 0.3) is 0 Å². The number of benzene rings is 1. The minimum absolute atomic E-state index is 1.13. The molecule has 0 saturated carbocycles. The summed E-state index contributed by atoms with van der Waals surface area (Å²) >= 11 is 0. The number of allylic oxidation sites excluding steroid dienone is 5. The Morgan fingerprint density at radius 2 is 2.00 bits per heavy atom. The summed E-state index contributed by atoms with van der Waals surface area (Å²) in [6, 6.07) is 10.4. The Balaban J connectivity index is 2.85. The molecule has 78 valence electrons. The summed E-state index contributed by atoms with van der Waals surface area (Å²) in [5, 5.41) is 0. The van der Waals surface area contributed by atoms with E-state index < -0.39 is 0 Å². The van der Waals surface area contributed by atoms with Gasteiger partial charge in [-0.1, -0.05) is 74.6 Å². The van der Waals surface area contributed by atoms with Gasteiger partial charge in [0.1, 0.15) is 0 Å². The Bertz CT molecular complexity index is 342. The van der Waals surface area contributed by atoms with E-state index in [0.29, 0.717) is 0 Å². The van der Waals surface area contributed by atoms with Crippen molar-refractivity contribution in [3.63, 3.8) is 0 Å². The monoisotopic (exact) mass is 198 g/mol. The SMILES string of the molecule is C=C/C=C(\C=C/CCC)c1ccccc1. The third kappa shape index (κ3) is 3.99. The van der Waals surface area contributed by atoms with Gasteiger partial charge in [0, 0.05) is 0 Å². The molecule has 0 nitrogen and oxygen atoms in total. The summed E-state index contributed by atoms with van der Waals surface area (Å²) in [5.41, 5.74) is 2.46. The largest absolute Gasteiger partial charge is 0.0990 e. The first kappa shape index (κ1) is 11.5. The standard InChI is InChI=1S/C15H18/c1-3-5-7-11-14(10-4-2)15-12-8-6-9-13-15/h4,6-13H,2-3,5H2,1H3/b11-7-,14-10+. The van der Waals surface area contributed by atoms with Crippen LogP contribution < -0.4 is 0 Å². The Kier molecular flexibility index (Phi) is 5.24. The molecule has 15 heavy (non-hydrogen) atoms. The Morgan fingerprint density at radius 1 is 1.27 bits per heavy atom. The van der Waals surface area contributed by atoms with Crippen LogP contribution in [0.4, 0.5) is 0 Å². The van der Waals surface area contributed by atoms with Gasteiger partial charge in [0.2, 0.25) is 0 Å². The molecule has 0 aliphatic rings. The summed E-state index contributed by atoms with van der Waals surface area (Å²) < 4.78 is 0. The summed E-state index contributed by atoms with van der Waals surface area (Å²) in [7, 11) is 0. The quantitative estimate of drug-likeness (QED) is 0.606. The van der Waals surface area contributed by atoms with Gasteiger partial charge in [0.15, 0.2) is 0 Å². The zero-order valence-corrected chi connectivity index (χ0v) is 9.32. The van der Waals surface area contributed by atoms with E-state index in [1.165, 1.54) is 17.6 Å². The minimum atomic E-state index is 1.13. The summed E-state index contributed by atoms with van der Waals surface area (Å²) in [4.78, 5) is 0. The first-order chi connectivity index (χ1) is 7.38. The van der Waals surface area contributed by atoms with Crippen molar-refractivity contribution >= 4 is 5.57 Å². The average molecular weight is 198 g/mol. The molecule has 0 aliphatic heterocycles. The second kappa shape index (κ2) is 6.83. The van der Waals surface area contributed by atoms with Crippen LogP contribution in [-0.4, -0.2) is 0 Å². The van der Waals surface area contributed by atoms with Crippen LogP contribution in [-0.2, 0) is 0 Å². The van der Waals surface area contributed by atoms with E-state index in [1.54, 1.807) is 0 Å². The molecular formula is C15H18. The smallest absolute Gasteiger partial charge is 0.0184 e. The van der Waals surface area contributed by atoms with Gasteiger partial charge in [-0.25, -0.2) is 0 Å². The molecule has 0 amide bonds. The summed E-state index contributed by atoms with van der Waals surface area (Å²) in [5.74, 6) is 0. The summed E-state index contributed by atoms with van der Waals surface area (Å²) in [6.45, 7) is 5.93. The maximum Gasteiger partial charge on any atom is -0.0184 e. The van der Waals surface area contributed by atoms with Crippen molar-refractivity contribution in [1.82, 2.24) is 0 Å². The van der Waals surface area contributed by atoms with Gasteiger partial charge in [0.05, 0.1) is 0 Å². The molecule has 0 aliphatic carbocycles. The predicted molar refractivity (Wildman–Crippen MR) is 68.7 cm³/mol. The lowest BCUT2D eigenvalue weighted by Crippen LogP contribution is -1.79. The molecule has 0 unspecified atom stereocenters. The van der Waals surface area contributed by atoms with Gasteiger partial charge in [-0.3, -0.25) is 0 Å². The molecule has 1 aromatic carbocycles. The first-order valence-electron chi connectivity index (χ1n) is 5.43. The fraction of sp³-hybridized carbons (Fsp3) is 0.200. The van der Waals surface area contributed by atoms with E-state index in [1.807, 2.05) is 18.2 Å². The molecule has 0 radical (unpaired) electrons. The highest BCUT2D eigenvalue weighted by Gasteiger charge is 1.94.